The molecule has 4 nitrogen and oxygen atoms in total. The van der Waals surface area contributed by atoms with Gasteiger partial charge in [-0.15, -0.1) is 0 Å². The Balaban J connectivity index is 1.71. The van der Waals surface area contributed by atoms with Gasteiger partial charge in [0.05, 0.1) is 12.1 Å². The molecule has 0 saturated carbocycles. The van der Waals surface area contributed by atoms with E-state index in [1.54, 1.807) is 42.5 Å². The van der Waals surface area contributed by atoms with Gasteiger partial charge in [-0.1, -0.05) is 92.5 Å². The van der Waals surface area contributed by atoms with E-state index in [1.807, 2.05) is 62.1 Å². The highest BCUT2D eigenvalue weighted by molar-refractivity contribution is 6.33. The van der Waals surface area contributed by atoms with E-state index in [-0.39, 0.29) is 17.3 Å². The second-order valence-corrected chi connectivity index (χ2v) is 12.0. The third-order valence-corrected chi connectivity index (χ3v) is 8.45. The van der Waals surface area contributed by atoms with Crippen molar-refractivity contribution >= 4 is 52.3 Å². The number of nitrogens with zero attached hydrogens (tertiary/aromatic N) is 1. The number of Topliss-reactive ketones (excluding diaryl/α,β-unsaturated/α-hetero) is 3. The molecule has 3 aliphatic rings. The number of anilines is 1. The van der Waals surface area contributed by atoms with Crippen molar-refractivity contribution in [2.45, 2.75) is 38.8 Å². The number of carbonyl (C=O) groups excluding carboxylic acids is 3. The van der Waals surface area contributed by atoms with Crippen LogP contribution in [-0.2, 0) is 4.79 Å². The molecule has 1 spiro atoms. The van der Waals surface area contributed by atoms with Gasteiger partial charge in [0.2, 0.25) is 0 Å². The molecular formula is C31H25Cl2NO3. The van der Waals surface area contributed by atoms with E-state index >= 15 is 0 Å². The Morgan fingerprint density at radius 1 is 0.865 bits per heavy atom. The number of hydrogen-bond donors (Lipinski definition) is 0. The van der Waals surface area contributed by atoms with E-state index in [0.29, 0.717) is 26.7 Å². The number of hydrogen-bond acceptors (Lipinski definition) is 4. The van der Waals surface area contributed by atoms with Crippen molar-refractivity contribution in [2.24, 2.45) is 10.8 Å². The summed E-state index contributed by atoms with van der Waals surface area (Å²) in [4.78, 5) is 45.3. The molecule has 6 heteroatoms. The first kappa shape index (κ1) is 24.1. The molecule has 3 atom stereocenters. The summed E-state index contributed by atoms with van der Waals surface area (Å²) in [5.74, 6) is -1.30. The molecule has 2 aliphatic heterocycles. The number of fused-ring (bicyclic) bond motifs is 5. The summed E-state index contributed by atoms with van der Waals surface area (Å²) >= 11 is 12.8. The molecule has 6 rings (SSSR count). The molecule has 0 bridgehead atoms. The topological polar surface area (TPSA) is 54.5 Å². The van der Waals surface area contributed by atoms with Crippen molar-refractivity contribution in [3.63, 3.8) is 0 Å². The maximum absolute atomic E-state index is 14.5. The van der Waals surface area contributed by atoms with Gasteiger partial charge in [-0.25, -0.2) is 0 Å². The number of benzene rings is 3. The first-order valence-corrected chi connectivity index (χ1v) is 13.1. The van der Waals surface area contributed by atoms with Crippen LogP contribution in [0.2, 0.25) is 10.0 Å². The summed E-state index contributed by atoms with van der Waals surface area (Å²) in [6, 6.07) is 18.2. The molecule has 3 aromatic carbocycles. The minimum atomic E-state index is -1.52. The van der Waals surface area contributed by atoms with Crippen LogP contribution in [0.5, 0.6) is 0 Å². The van der Waals surface area contributed by atoms with E-state index in [9.17, 15) is 14.4 Å². The summed E-state index contributed by atoms with van der Waals surface area (Å²) < 4.78 is 0. The van der Waals surface area contributed by atoms with Crippen LogP contribution in [-0.4, -0.2) is 29.4 Å². The molecule has 3 unspecified atom stereocenters. The van der Waals surface area contributed by atoms with Gasteiger partial charge in [0.25, 0.3) is 0 Å². The second-order valence-electron chi connectivity index (χ2n) is 11.1. The van der Waals surface area contributed by atoms with Gasteiger partial charge in [0.15, 0.2) is 17.3 Å². The molecule has 37 heavy (non-hydrogen) atoms. The zero-order valence-corrected chi connectivity index (χ0v) is 22.2. The Morgan fingerprint density at radius 2 is 1.51 bits per heavy atom. The van der Waals surface area contributed by atoms with Crippen molar-refractivity contribution in [1.82, 2.24) is 0 Å². The van der Waals surface area contributed by atoms with Crippen LogP contribution in [0.4, 0.5) is 5.69 Å². The van der Waals surface area contributed by atoms with Crippen LogP contribution >= 0.6 is 23.2 Å². The fraction of sp³-hybridized carbons (Fsp3) is 0.258. The highest BCUT2D eigenvalue weighted by Crippen LogP contribution is 2.61. The second kappa shape index (κ2) is 8.14. The van der Waals surface area contributed by atoms with Gasteiger partial charge >= 0.3 is 0 Å². The molecule has 1 fully saturated rings. The van der Waals surface area contributed by atoms with Crippen molar-refractivity contribution < 1.29 is 14.4 Å². The normalized spacial score (nSPS) is 23.3. The number of carbonyl (C=O) groups is 3. The van der Waals surface area contributed by atoms with Crippen LogP contribution in [0.1, 0.15) is 58.5 Å². The van der Waals surface area contributed by atoms with E-state index in [1.165, 1.54) is 0 Å². The average Bonchev–Trinajstić information content (AvgIpc) is 3.29. The molecule has 2 heterocycles. The van der Waals surface area contributed by atoms with Gasteiger partial charge in [-0.05, 0) is 41.5 Å². The minimum absolute atomic E-state index is 0.0490. The van der Waals surface area contributed by atoms with Crippen molar-refractivity contribution in [1.29, 1.82) is 0 Å². The van der Waals surface area contributed by atoms with Gasteiger partial charge < -0.3 is 4.90 Å². The standard InChI is InChI=1S/C31H25Cl2NO3/c1-30(2,3)29(37)26-25(18-7-6-8-19(32)16-18)31(27(35)21-9-4-5-10-22(21)28(31)36)24-14-11-17-15-20(33)12-13-23(17)34(24)26/h4-16,24-26H,1-3H3. The summed E-state index contributed by atoms with van der Waals surface area (Å²) in [5.41, 5.74) is 0.865. The molecule has 0 radical (unpaired) electrons. The van der Waals surface area contributed by atoms with E-state index in [0.717, 1.165) is 11.3 Å². The lowest BCUT2D eigenvalue weighted by molar-refractivity contribution is -0.127. The smallest absolute Gasteiger partial charge is 0.180 e. The first-order chi connectivity index (χ1) is 17.6. The van der Waals surface area contributed by atoms with Crippen molar-refractivity contribution in [3.8, 4) is 0 Å². The fourth-order valence-corrected chi connectivity index (χ4v) is 6.84. The lowest BCUT2D eigenvalue weighted by Gasteiger charge is -2.38. The lowest BCUT2D eigenvalue weighted by atomic mass is 9.63. The molecule has 1 aliphatic carbocycles. The monoisotopic (exact) mass is 529 g/mol. The predicted octanol–water partition coefficient (Wildman–Crippen LogP) is 7.04. The van der Waals surface area contributed by atoms with Crippen molar-refractivity contribution in [3.05, 3.63) is 105 Å². The zero-order valence-electron chi connectivity index (χ0n) is 20.7. The summed E-state index contributed by atoms with van der Waals surface area (Å²) in [7, 11) is 0. The molecule has 186 valence electrons. The van der Waals surface area contributed by atoms with E-state index < -0.39 is 28.8 Å². The number of halogens is 2. The Morgan fingerprint density at radius 3 is 2.14 bits per heavy atom. The van der Waals surface area contributed by atoms with Crippen LogP contribution in [0.3, 0.4) is 0 Å². The maximum Gasteiger partial charge on any atom is 0.180 e. The Hall–Kier alpha value is -3.21. The number of rotatable bonds is 2. The molecule has 0 amide bonds. The van der Waals surface area contributed by atoms with Crippen LogP contribution < -0.4 is 4.90 Å². The highest BCUT2D eigenvalue weighted by Gasteiger charge is 2.71. The lowest BCUT2D eigenvalue weighted by Crippen LogP contribution is -2.49. The molecular weight excluding hydrogens is 505 g/mol. The van der Waals surface area contributed by atoms with Gasteiger partial charge in [0, 0.05) is 38.2 Å². The third kappa shape index (κ3) is 3.25. The summed E-state index contributed by atoms with van der Waals surface area (Å²) in [6.07, 6.45) is 3.81. The maximum atomic E-state index is 14.5. The Labute approximate surface area is 225 Å². The molecule has 1 saturated heterocycles. The van der Waals surface area contributed by atoms with E-state index in [2.05, 4.69) is 0 Å². The Bertz CT molecular complexity index is 1500. The predicted molar refractivity (Wildman–Crippen MR) is 147 cm³/mol. The van der Waals surface area contributed by atoms with Gasteiger partial charge in [-0.2, -0.15) is 0 Å². The first-order valence-electron chi connectivity index (χ1n) is 12.3. The van der Waals surface area contributed by atoms with Crippen LogP contribution in [0.25, 0.3) is 6.08 Å². The quantitative estimate of drug-likeness (QED) is 0.334. The van der Waals surface area contributed by atoms with E-state index in [4.69, 9.17) is 23.2 Å². The summed E-state index contributed by atoms with van der Waals surface area (Å²) in [6.45, 7) is 5.62. The van der Waals surface area contributed by atoms with Gasteiger partial charge in [0.1, 0.15) is 5.41 Å². The van der Waals surface area contributed by atoms with Crippen molar-refractivity contribution in [2.75, 3.05) is 4.90 Å². The fourth-order valence-electron chi connectivity index (χ4n) is 6.46. The molecule has 0 aromatic heterocycles. The van der Waals surface area contributed by atoms with Crippen LogP contribution in [0, 0.1) is 10.8 Å². The largest absolute Gasteiger partial charge is 0.352 e. The average molecular weight is 530 g/mol. The van der Waals surface area contributed by atoms with Gasteiger partial charge in [-0.3, -0.25) is 14.4 Å². The zero-order chi connectivity index (χ0) is 26.3. The minimum Gasteiger partial charge on any atom is -0.352 e. The Kier molecular flexibility index (Phi) is 5.31. The summed E-state index contributed by atoms with van der Waals surface area (Å²) in [5, 5.41) is 1.05. The third-order valence-electron chi connectivity index (χ3n) is 7.98. The SMILES string of the molecule is CC(C)(C)C(=O)C1C(c2cccc(Cl)c2)C2(C(=O)c3ccccc3C2=O)C2C=Cc3cc(Cl)ccc3N12. The molecule has 3 aromatic rings. The number of ketones is 3. The molecule has 0 N–H and O–H groups in total. The van der Waals surface area contributed by atoms with Crippen LogP contribution in [0.15, 0.2) is 72.8 Å². The highest BCUT2D eigenvalue weighted by atomic mass is 35.5.